The molecule has 6 heterocycles. The van der Waals surface area contributed by atoms with Crippen LogP contribution in [-0.2, 0) is 32.2 Å². The Balaban J connectivity index is -0.0000000161. The number of phenolic OH excluding ortho intramolecular Hbond substituents is 1. The molecule has 24 nitrogen and oxygen atoms in total. The van der Waals surface area contributed by atoms with Gasteiger partial charge in [-0.15, -0.1) is 0 Å². The van der Waals surface area contributed by atoms with Crippen LogP contribution in [0, 0.1) is 26.3 Å². The molecule has 0 saturated heterocycles. The number of halogens is 4. The SMILES string of the molecule is O=CO[O-].OB1OCc2cc(O)ccc21.[2H][2H].[2H][2H].[2H][2H].[2H][2H].[2H][2H].[2H][2H].[2H][2H].[2H][2H].[2H][2H].[2H][2H].[2H][2H].[2H][2H].[2H][2H].[2H][2H].[2H][2H].[2H][2H].[2H][2H].[2H][2H].[2H][2H].[2H][2H].[2H][2H].[2H][2H].[2H][2H].[2H][2H].[2H][2H].[2H][2H].[2H][2H].[2H][2H].[2H][2H].[2H][2H].[2H][2H].[2H][2H].[2H][2H].[2H][2H].[2H][2H].[2H][2H].[2H][2H].[2H][2H].[2H][2H].[2H][2H].[2H][2H].[2H][2H].[2H][2H].[2H][2H].[2H][2H].[2H][2H].[2H][2H].[2H][2H].[2H][2H].[2H][2H].[2H][2H].[2H][2H].[2H][2H].[2H][2H].[2H][2H].[2H][2H].[2H][2H].[2H][2H].[C-]#[N+]c1cnc(Cl)nc1Cl.[C-]#[N+]c1cnc(Cl)nc1OC.[C-]#[N+]c1cnc(Cl)nc1OC.[C-]#[N+]c1cnc(Oc2ccc3c(c2)COB3O)nc1OC.[Cs+].[Cs+].[H-]. The molecule has 6 aromatic rings. The molecule has 0 spiro atoms. The summed E-state index contributed by atoms with van der Waals surface area (Å²) in [7, 11) is 2.57. The zero-order chi connectivity index (χ0) is 166. The normalized spacial score (nSPS) is 17.2. The number of rotatable bonds is 6. The van der Waals surface area contributed by atoms with Gasteiger partial charge in [0.15, 0.2) is 0 Å². The Kier molecular flexibility index (Phi) is 9.09. The molecule has 0 aliphatic carbocycles. The van der Waals surface area contributed by atoms with Crippen LogP contribution in [-0.4, -0.2) is 97.1 Å². The van der Waals surface area contributed by atoms with E-state index < -0.39 is 14.2 Å². The van der Waals surface area contributed by atoms with Crippen molar-refractivity contribution in [2.45, 2.75) is 13.2 Å². The van der Waals surface area contributed by atoms with Crippen molar-refractivity contribution in [1.29, 1.82) is 0 Å². The van der Waals surface area contributed by atoms with Gasteiger partial charge in [-0.05, 0) is 81.1 Å². The van der Waals surface area contributed by atoms with E-state index in [-0.39, 0.29) is 219 Å². The first-order valence-corrected chi connectivity index (χ1v) is 19.4. The number of aromatic hydroxyl groups is 1. The molecule has 0 bridgehead atoms. The van der Waals surface area contributed by atoms with Crippen molar-refractivity contribution in [3.63, 3.8) is 0 Å². The summed E-state index contributed by atoms with van der Waals surface area (Å²) in [5.74, 6) is 1.31. The maximum Gasteiger partial charge on any atom is 1.00 e. The van der Waals surface area contributed by atoms with Crippen molar-refractivity contribution >= 4 is 101 Å². The number of phenols is 1. The molecule has 2 aromatic carbocycles. The molecular formula is C38H144B2Cl4Cs2N12O12. The maximum atomic E-state index is 9.56. The second kappa shape index (κ2) is 34.7. The number of methoxy groups -OCH3 is 3. The van der Waals surface area contributed by atoms with Crippen LogP contribution < -0.4 is 173 Å². The number of carbonyl (C=O) groups is 1. The van der Waals surface area contributed by atoms with Crippen molar-refractivity contribution < 1.29 is 370 Å². The Morgan fingerprint density at radius 2 is 1.09 bits per heavy atom. The van der Waals surface area contributed by atoms with Gasteiger partial charge in [0.1, 0.15) is 16.7 Å². The Bertz CT molecular complexity index is 2980. The molecule has 8 rings (SSSR count). The van der Waals surface area contributed by atoms with Gasteiger partial charge in [-0.3, -0.25) is 4.79 Å². The predicted molar refractivity (Wildman–Crippen MR) is 363 cm³/mol. The number of hydrogen-bond acceptors (Lipinski definition) is 20. The Morgan fingerprint density at radius 3 is 1.51 bits per heavy atom. The van der Waals surface area contributed by atoms with Gasteiger partial charge in [0, 0.05) is 197 Å². The first-order chi connectivity index (χ1) is 90.7. The predicted octanol–water partition coefficient (Wildman–Crippen LogP) is 13.2. The Hall–Kier alpha value is -3.62. The first kappa shape index (κ1) is 18.3. The average molecular weight is 1510 g/mol. The van der Waals surface area contributed by atoms with Gasteiger partial charge >= 0.3 is 158 Å². The molecule has 2 aliphatic heterocycles. The largest absolute Gasteiger partial charge is 1.00 e. The van der Waals surface area contributed by atoms with Gasteiger partial charge in [0.2, 0.25) is 39.2 Å². The van der Waals surface area contributed by atoms with Crippen LogP contribution in [0.3, 0.4) is 0 Å². The number of nitrogens with zero attached hydrogens (tertiary/aromatic N) is 12. The smallest absolute Gasteiger partial charge is 1.00 e. The fourth-order valence-corrected chi connectivity index (χ4v) is 5.35. The molecule has 4 aromatic heterocycles. The van der Waals surface area contributed by atoms with E-state index in [1.165, 1.54) is 52.2 Å². The fourth-order valence-electron chi connectivity index (χ4n) is 4.76. The number of aromatic nitrogens is 8. The van der Waals surface area contributed by atoms with Crippen molar-refractivity contribution in [1.82, 2.24) is 39.9 Å². The minimum atomic E-state index is -0.886. The summed E-state index contributed by atoms with van der Waals surface area (Å²) in [6.07, 6.45) is 5.27. The monoisotopic (exact) mass is 1510 g/mol. The van der Waals surface area contributed by atoms with E-state index in [9.17, 15) is 5.02 Å². The van der Waals surface area contributed by atoms with Gasteiger partial charge < -0.3 is 55.0 Å². The summed E-state index contributed by atoms with van der Waals surface area (Å²) in [4.78, 5) is 53.5. The topological polar surface area (TPSA) is 286 Å². The second-order valence-corrected chi connectivity index (χ2v) is 13.1. The molecule has 0 fully saturated rings. The van der Waals surface area contributed by atoms with E-state index in [2.05, 4.69) is 64.1 Å². The first-order valence-electron chi connectivity index (χ1n) is 75.8. The Labute approximate surface area is 717 Å². The van der Waals surface area contributed by atoms with Crippen LogP contribution in [0.5, 0.6) is 35.1 Å². The standard InChI is InChI=1S/C13H10BN3O4.C7H7BO3.2C6H4ClN3O.C5HCl2N3.CH2O3.2Cs.58H2.H/c1-15-11-6-16-13(17-12(11)19-2)21-9-3-4-10-8(5-9)7-20-14(10)18;9-6-1-2-7-5(3-6)4-11-8(7)10;2*1-8-4-3-9-6(7)10-5(4)11-2;1-8-3-2-9-5(7)10-4(3)6;2-1-4-3;;;;;;;;;;;;;;;;;;;;;;;;;;;;;;;;;;;;;;;;;;;;;;;;;;;;;;;;;;;;;/h3-6,18H,7H2,2H3;1-3,9-10H,4H2;2*3H,2H3;2H;1,3H;;;58*1H;/q;;;;;;2*+1;;;;;;;;;;;;;;;;;;;;;;;;;;;;;;;;;;;;;;;;;;;;;;;;;;;;;;;;;;;-1/p-1/i;;;;;;;;58*1+1D;. The van der Waals surface area contributed by atoms with E-state index in [1.807, 2.05) is 0 Å². The van der Waals surface area contributed by atoms with Gasteiger partial charge in [-0.1, -0.05) is 23.7 Å². The molecular weight excluding hydrogens is 1250 g/mol. The third-order valence-electron chi connectivity index (χ3n) is 7.70. The van der Waals surface area contributed by atoms with Crippen LogP contribution in [0.25, 0.3) is 19.4 Å². The van der Waals surface area contributed by atoms with Crippen LogP contribution >= 0.6 is 46.4 Å². The molecule has 70 heavy (non-hydrogen) atoms. The number of fused-ring (bicyclic) bond motifs is 2. The molecule has 3 N–H and O–H groups in total. The number of hydrogen-bond donors (Lipinski definition) is 3. The van der Waals surface area contributed by atoms with Crippen LogP contribution in [0.1, 0.15) is 185 Å². The molecule has 0 unspecified atom stereocenters. The molecule has 32 heteroatoms. The van der Waals surface area contributed by atoms with Gasteiger partial charge in [-0.2, -0.15) is 15.0 Å². The zero-order valence-electron chi connectivity index (χ0n) is 154. The van der Waals surface area contributed by atoms with E-state index in [0.717, 1.165) is 22.1 Å². The minimum absolute atomic E-state index is 0. The quantitative estimate of drug-likeness (QED) is 0.0266. The minimum Gasteiger partial charge on any atom is -1.00 e. The van der Waals surface area contributed by atoms with Crippen LogP contribution in [0.2, 0.25) is 21.0 Å². The van der Waals surface area contributed by atoms with Gasteiger partial charge in [-0.25, -0.2) is 44.3 Å². The number of ether oxygens (including phenoxy) is 4. The van der Waals surface area contributed by atoms with Crippen molar-refractivity contribution in [3.8, 4) is 35.1 Å². The fraction of sp³-hybridized carbons (Fsp3) is 0.132. The average Bonchev–Trinajstić information content (AvgIpc) is 1.68. The van der Waals surface area contributed by atoms with Gasteiger partial charge in [0.05, 0.1) is 60.8 Å². The summed E-state index contributed by atoms with van der Waals surface area (Å²) in [5.41, 5.74) is 4.14. The van der Waals surface area contributed by atoms with Gasteiger partial charge in [0.25, 0.3) is 23.5 Å². The molecule has 0 atom stereocenters. The summed E-state index contributed by atoms with van der Waals surface area (Å²) in [5, 5.41) is 36.5. The van der Waals surface area contributed by atoms with E-state index in [1.54, 1.807) is 30.3 Å². The third kappa shape index (κ3) is 20.8. The molecule has 2 aliphatic rings. The number of benzene rings is 2. The van der Waals surface area contributed by atoms with E-state index >= 15 is 0 Å². The Morgan fingerprint density at radius 1 is 0.686 bits per heavy atom. The second-order valence-electron chi connectivity index (χ2n) is 11.7. The van der Waals surface area contributed by atoms with Crippen LogP contribution in [0.4, 0.5) is 22.7 Å². The summed E-state index contributed by atoms with van der Waals surface area (Å²) >= 11 is 21.7. The summed E-state index contributed by atoms with van der Waals surface area (Å²) < 4.78 is 610. The zero-order valence-corrected chi connectivity index (χ0v) is 52.4. The van der Waals surface area contributed by atoms with Crippen LogP contribution in [0.15, 0.2) is 61.2 Å². The molecule has 0 radical (unpaired) electrons. The summed E-state index contributed by atoms with van der Waals surface area (Å²) in [6.45, 7) is 27.4. The summed E-state index contributed by atoms with van der Waals surface area (Å²) in [6, 6.07) is 10.1. The third-order valence-corrected chi connectivity index (χ3v) is 8.52. The van der Waals surface area contributed by atoms with Crippen molar-refractivity contribution in [3.05, 3.63) is 139 Å². The maximum absolute atomic E-state index is 9.56. The van der Waals surface area contributed by atoms with E-state index in [4.69, 9.17) is 293 Å². The van der Waals surface area contributed by atoms with Crippen molar-refractivity contribution in [2.24, 2.45) is 0 Å². The molecule has 0 saturated carbocycles. The van der Waals surface area contributed by atoms with Crippen molar-refractivity contribution in [2.75, 3.05) is 21.3 Å². The van der Waals surface area contributed by atoms with E-state index in [0.29, 0.717) is 19.0 Å². The number of carbonyl (C=O) groups excluding carboxylic acids is 1. The molecule has 0 amide bonds. The molecule has 464 valence electrons.